The molecule has 0 aliphatic rings. The second-order valence-electron chi connectivity index (χ2n) is 6.78. The molecule has 2 aromatic rings. The third-order valence-electron chi connectivity index (χ3n) is 4.37. The van der Waals surface area contributed by atoms with Gasteiger partial charge in [0.15, 0.2) is 0 Å². The SMILES string of the molecule is C[Si](C)c1cc[c]([Ge]([CH3])([CH3])[c]2ccc([Si](C)C)cc2)cc1. The van der Waals surface area contributed by atoms with Crippen LogP contribution in [0.5, 0.6) is 0 Å². The van der Waals surface area contributed by atoms with Gasteiger partial charge in [0, 0.05) is 0 Å². The van der Waals surface area contributed by atoms with Crippen LogP contribution >= 0.6 is 0 Å². The van der Waals surface area contributed by atoms with Crippen molar-refractivity contribution >= 4 is 50.0 Å². The van der Waals surface area contributed by atoms with Gasteiger partial charge in [0.1, 0.15) is 0 Å². The van der Waals surface area contributed by atoms with Gasteiger partial charge in [-0.25, -0.2) is 0 Å². The van der Waals surface area contributed by atoms with Crippen LogP contribution in [0.3, 0.4) is 0 Å². The molecule has 2 radical (unpaired) electrons. The van der Waals surface area contributed by atoms with Gasteiger partial charge in [0.05, 0.1) is 0 Å². The van der Waals surface area contributed by atoms with Crippen molar-refractivity contribution in [3.8, 4) is 0 Å². The molecule has 0 aliphatic heterocycles. The van der Waals surface area contributed by atoms with Crippen molar-refractivity contribution in [3.63, 3.8) is 0 Å². The van der Waals surface area contributed by atoms with Crippen molar-refractivity contribution in [2.24, 2.45) is 0 Å². The predicted molar refractivity (Wildman–Crippen MR) is 104 cm³/mol. The molecule has 21 heavy (non-hydrogen) atoms. The Balaban J connectivity index is 2.31. The molecule has 0 nitrogen and oxygen atoms in total. The molecule has 110 valence electrons. The van der Waals surface area contributed by atoms with Gasteiger partial charge < -0.3 is 0 Å². The summed E-state index contributed by atoms with van der Waals surface area (Å²) in [5.41, 5.74) is 0. The Hall–Kier alpha value is -0.583. The molecule has 0 heterocycles. The van der Waals surface area contributed by atoms with Gasteiger partial charge in [-0.2, -0.15) is 0 Å². The van der Waals surface area contributed by atoms with E-state index >= 15 is 0 Å². The molecule has 2 rings (SSSR count). The first-order chi connectivity index (χ1) is 9.82. The van der Waals surface area contributed by atoms with Crippen LogP contribution in [0.4, 0.5) is 0 Å². The standard InChI is InChI=1S/C18H26GeSi2/c1-19(2,15-7-11-17(12-8-15)20(3)4)16-9-13-18(14-10-16)21(5)6/h7-14H,1-6H3. The molecular formula is C18H26GeSi2. The quantitative estimate of drug-likeness (QED) is 0.725. The summed E-state index contributed by atoms with van der Waals surface area (Å²) < 4.78 is 3.18. The Morgan fingerprint density at radius 3 is 1.10 bits per heavy atom. The van der Waals surface area contributed by atoms with E-state index in [0.29, 0.717) is 0 Å². The summed E-state index contributed by atoms with van der Waals surface area (Å²) in [4.78, 5) is 0. The first-order valence-corrected chi connectivity index (χ1v) is 18.9. The van der Waals surface area contributed by atoms with E-state index in [9.17, 15) is 0 Å². The molecule has 0 unspecified atom stereocenters. The van der Waals surface area contributed by atoms with E-state index in [1.807, 2.05) is 0 Å². The van der Waals surface area contributed by atoms with Crippen molar-refractivity contribution in [1.82, 2.24) is 0 Å². The van der Waals surface area contributed by atoms with Gasteiger partial charge in [-0.15, -0.1) is 0 Å². The molecule has 3 heteroatoms. The summed E-state index contributed by atoms with van der Waals surface area (Å²) in [6.07, 6.45) is 0. The minimum atomic E-state index is -2.11. The van der Waals surface area contributed by atoms with E-state index < -0.39 is 13.3 Å². The number of hydrogen-bond donors (Lipinski definition) is 0. The van der Waals surface area contributed by atoms with Gasteiger partial charge in [-0.1, -0.05) is 0 Å². The van der Waals surface area contributed by atoms with Gasteiger partial charge in [0.2, 0.25) is 0 Å². The molecule has 0 saturated carbocycles. The molecule has 0 N–H and O–H groups in total. The molecule has 0 aliphatic carbocycles. The summed E-state index contributed by atoms with van der Waals surface area (Å²) in [5, 5.41) is 3.09. The second kappa shape index (κ2) is 6.67. The van der Waals surface area contributed by atoms with Crippen molar-refractivity contribution in [3.05, 3.63) is 48.5 Å². The first-order valence-electron chi connectivity index (χ1n) is 7.64. The summed E-state index contributed by atoms with van der Waals surface area (Å²) in [5.74, 6) is 5.02. The van der Waals surface area contributed by atoms with E-state index in [4.69, 9.17) is 0 Å². The third kappa shape index (κ3) is 3.79. The summed E-state index contributed by atoms with van der Waals surface area (Å²) >= 11 is -2.11. The summed E-state index contributed by atoms with van der Waals surface area (Å²) in [7, 11) is -0.657. The van der Waals surface area contributed by atoms with Crippen LogP contribution < -0.4 is 19.2 Å². The van der Waals surface area contributed by atoms with Crippen LogP contribution in [0.1, 0.15) is 0 Å². The average molecular weight is 371 g/mol. The molecule has 0 spiro atoms. The maximum atomic E-state index is 2.51. The van der Waals surface area contributed by atoms with Crippen LogP contribution in [-0.2, 0) is 0 Å². The predicted octanol–water partition coefficient (Wildman–Crippen LogP) is 2.43. The van der Waals surface area contributed by atoms with Crippen LogP contribution in [0.15, 0.2) is 48.5 Å². The number of benzene rings is 2. The zero-order valence-electron chi connectivity index (χ0n) is 14.1. The van der Waals surface area contributed by atoms with Crippen LogP contribution in [0, 0.1) is 0 Å². The van der Waals surface area contributed by atoms with Crippen LogP contribution in [-0.4, -0.2) is 30.9 Å². The van der Waals surface area contributed by atoms with Gasteiger partial charge in [-0.05, 0) is 0 Å². The van der Waals surface area contributed by atoms with Crippen molar-refractivity contribution in [2.45, 2.75) is 37.7 Å². The Kier molecular flexibility index (Phi) is 5.33. The van der Waals surface area contributed by atoms with E-state index in [1.54, 1.807) is 19.2 Å². The number of hydrogen-bond acceptors (Lipinski definition) is 0. The fraction of sp³-hybridized carbons (Fsp3) is 0.333. The van der Waals surface area contributed by atoms with E-state index in [-0.39, 0.29) is 17.6 Å². The monoisotopic (exact) mass is 372 g/mol. The Labute approximate surface area is 136 Å². The molecule has 2 aromatic carbocycles. The van der Waals surface area contributed by atoms with Crippen molar-refractivity contribution in [2.75, 3.05) is 0 Å². The topological polar surface area (TPSA) is 0 Å². The molecule has 0 amide bonds. The minimum absolute atomic E-state index is 0.328. The van der Waals surface area contributed by atoms with E-state index in [2.05, 4.69) is 86.2 Å². The van der Waals surface area contributed by atoms with Crippen LogP contribution in [0.2, 0.25) is 37.7 Å². The normalized spacial score (nSPS) is 12.2. The van der Waals surface area contributed by atoms with Gasteiger partial charge in [-0.3, -0.25) is 0 Å². The Morgan fingerprint density at radius 2 is 0.857 bits per heavy atom. The second-order valence-corrected chi connectivity index (χ2v) is 21.2. The third-order valence-corrected chi connectivity index (χ3v) is 14.8. The van der Waals surface area contributed by atoms with Gasteiger partial charge >= 0.3 is 136 Å². The zero-order valence-corrected chi connectivity index (χ0v) is 18.2. The summed E-state index contributed by atoms with van der Waals surface area (Å²) in [6.45, 7) is 9.44. The maximum absolute atomic E-state index is 2.51. The fourth-order valence-corrected chi connectivity index (χ4v) is 9.17. The van der Waals surface area contributed by atoms with Crippen molar-refractivity contribution < 1.29 is 0 Å². The molecule has 0 bridgehead atoms. The fourth-order valence-electron chi connectivity index (χ4n) is 2.61. The first kappa shape index (κ1) is 16.8. The molecule has 0 fully saturated rings. The van der Waals surface area contributed by atoms with E-state index in [0.717, 1.165) is 0 Å². The zero-order chi connectivity index (χ0) is 15.6. The summed E-state index contributed by atoms with van der Waals surface area (Å²) in [6, 6.07) is 19.1. The van der Waals surface area contributed by atoms with Crippen molar-refractivity contribution in [1.29, 1.82) is 0 Å². The Bertz CT molecular complexity index is 530. The van der Waals surface area contributed by atoms with Gasteiger partial charge in [0.25, 0.3) is 0 Å². The molecule has 0 saturated heterocycles. The van der Waals surface area contributed by atoms with E-state index in [1.165, 1.54) is 0 Å². The Morgan fingerprint density at radius 1 is 0.571 bits per heavy atom. The molecular weight excluding hydrogens is 345 g/mol. The average Bonchev–Trinajstić information content (AvgIpc) is 2.47. The molecule has 0 atom stereocenters. The number of rotatable bonds is 4. The molecule has 0 aromatic heterocycles. The van der Waals surface area contributed by atoms with Crippen LogP contribution in [0.25, 0.3) is 0 Å².